The van der Waals surface area contributed by atoms with E-state index in [0.29, 0.717) is 0 Å². The van der Waals surface area contributed by atoms with Crippen molar-refractivity contribution in [1.82, 2.24) is 0 Å². The first kappa shape index (κ1) is 13.5. The Morgan fingerprint density at radius 3 is 1.82 bits per heavy atom. The number of fused-ring (bicyclic) bond motifs is 1. The monoisotopic (exact) mass is 346 g/mol. The van der Waals surface area contributed by atoms with Gasteiger partial charge < -0.3 is 0 Å². The Labute approximate surface area is 139 Å². The highest BCUT2D eigenvalue weighted by atomic mass is 79.9. The molecule has 0 spiro atoms. The van der Waals surface area contributed by atoms with E-state index in [1.54, 1.807) is 0 Å². The maximum atomic E-state index is 3.92. The van der Waals surface area contributed by atoms with Gasteiger partial charge in [0.05, 0.1) is 4.83 Å². The molecule has 0 aromatic heterocycles. The van der Waals surface area contributed by atoms with E-state index in [0.717, 1.165) is 0 Å². The normalized spacial score (nSPS) is 16.7. The van der Waals surface area contributed by atoms with Crippen LogP contribution in [0, 0.1) is 0 Å². The van der Waals surface area contributed by atoms with Crippen molar-refractivity contribution in [2.24, 2.45) is 0 Å². The molecule has 0 radical (unpaired) electrons. The number of hydrogen-bond acceptors (Lipinski definition) is 0. The first-order chi connectivity index (χ1) is 10.9. The van der Waals surface area contributed by atoms with Gasteiger partial charge in [0.1, 0.15) is 0 Å². The molecule has 1 aliphatic rings. The summed E-state index contributed by atoms with van der Waals surface area (Å²) in [6, 6.07) is 30.0. The third-order valence-electron chi connectivity index (χ3n) is 4.17. The van der Waals surface area contributed by atoms with Crippen molar-refractivity contribution in [3.63, 3.8) is 0 Å². The van der Waals surface area contributed by atoms with Gasteiger partial charge in [-0.1, -0.05) is 101 Å². The van der Waals surface area contributed by atoms with Gasteiger partial charge in [0.15, 0.2) is 0 Å². The van der Waals surface area contributed by atoms with Crippen molar-refractivity contribution in [3.8, 4) is 0 Å². The summed E-state index contributed by atoms with van der Waals surface area (Å²) in [5, 5.41) is 0. The molecule has 3 aromatic carbocycles. The predicted octanol–water partition coefficient (Wildman–Crippen LogP) is 6.10. The lowest BCUT2D eigenvalue weighted by molar-refractivity contribution is 1.30. The van der Waals surface area contributed by atoms with Crippen molar-refractivity contribution >= 4 is 27.1 Å². The lowest BCUT2D eigenvalue weighted by Crippen LogP contribution is -1.90. The molecule has 0 aliphatic heterocycles. The van der Waals surface area contributed by atoms with Gasteiger partial charge >= 0.3 is 0 Å². The maximum Gasteiger partial charge on any atom is 0.0662 e. The Morgan fingerprint density at radius 1 is 0.591 bits per heavy atom. The highest BCUT2D eigenvalue weighted by Crippen LogP contribution is 2.52. The van der Waals surface area contributed by atoms with Gasteiger partial charge in [-0.2, -0.15) is 0 Å². The number of rotatable bonds is 2. The van der Waals surface area contributed by atoms with Gasteiger partial charge in [0.2, 0.25) is 0 Å². The van der Waals surface area contributed by atoms with Crippen molar-refractivity contribution in [2.75, 3.05) is 0 Å². The van der Waals surface area contributed by atoms with Crippen LogP contribution >= 0.6 is 15.9 Å². The molecule has 0 saturated heterocycles. The fraction of sp³-hybridized carbons (Fsp3) is 0.0476. The minimum atomic E-state index is 0.237. The molecule has 0 heterocycles. The van der Waals surface area contributed by atoms with Crippen molar-refractivity contribution < 1.29 is 0 Å². The highest BCUT2D eigenvalue weighted by molar-refractivity contribution is 9.09. The zero-order valence-electron chi connectivity index (χ0n) is 12.0. The summed E-state index contributed by atoms with van der Waals surface area (Å²) in [5.74, 6) is 0. The zero-order chi connectivity index (χ0) is 14.9. The van der Waals surface area contributed by atoms with Gasteiger partial charge in [-0.25, -0.2) is 0 Å². The van der Waals surface area contributed by atoms with Crippen LogP contribution in [0.3, 0.4) is 0 Å². The van der Waals surface area contributed by atoms with E-state index in [1.807, 2.05) is 0 Å². The third-order valence-corrected chi connectivity index (χ3v) is 5.12. The van der Waals surface area contributed by atoms with Gasteiger partial charge in [0, 0.05) is 0 Å². The molecule has 3 aromatic rings. The fourth-order valence-electron chi connectivity index (χ4n) is 3.20. The summed E-state index contributed by atoms with van der Waals surface area (Å²) in [7, 11) is 0. The second-order valence-electron chi connectivity index (χ2n) is 5.47. The van der Waals surface area contributed by atoms with Crippen molar-refractivity contribution in [3.05, 3.63) is 107 Å². The minimum Gasteiger partial charge on any atom is -0.0786 e. The summed E-state index contributed by atoms with van der Waals surface area (Å²) in [4.78, 5) is 0.237. The molecule has 1 atom stereocenters. The molecular formula is C21H15Br. The molecule has 0 nitrogen and oxygen atoms in total. The van der Waals surface area contributed by atoms with Crippen LogP contribution in [0.25, 0.3) is 11.1 Å². The van der Waals surface area contributed by atoms with E-state index in [2.05, 4.69) is 101 Å². The largest absolute Gasteiger partial charge is 0.0786 e. The average Bonchev–Trinajstić information content (AvgIpc) is 2.90. The standard InChI is InChI=1S/C21H15Br/c22-21-18-14-8-7-13-17(18)19(15-9-3-1-4-10-15)20(21)16-11-5-2-6-12-16/h1-14,21H. The van der Waals surface area contributed by atoms with Gasteiger partial charge in [-0.05, 0) is 33.4 Å². The molecule has 4 rings (SSSR count). The van der Waals surface area contributed by atoms with Crippen LogP contribution in [0.2, 0.25) is 0 Å². The Kier molecular flexibility index (Phi) is 3.44. The van der Waals surface area contributed by atoms with Gasteiger partial charge in [0.25, 0.3) is 0 Å². The fourth-order valence-corrected chi connectivity index (χ4v) is 4.09. The van der Waals surface area contributed by atoms with E-state index < -0.39 is 0 Å². The van der Waals surface area contributed by atoms with E-state index in [4.69, 9.17) is 0 Å². The summed E-state index contributed by atoms with van der Waals surface area (Å²) in [6.45, 7) is 0. The van der Waals surface area contributed by atoms with Crippen LogP contribution in [0.4, 0.5) is 0 Å². The first-order valence-electron chi connectivity index (χ1n) is 7.44. The van der Waals surface area contributed by atoms with Crippen LogP contribution in [0.15, 0.2) is 84.9 Å². The quantitative estimate of drug-likeness (QED) is 0.492. The molecule has 0 N–H and O–H groups in total. The van der Waals surface area contributed by atoms with Crippen LogP contribution in [-0.4, -0.2) is 0 Å². The molecular weight excluding hydrogens is 332 g/mol. The first-order valence-corrected chi connectivity index (χ1v) is 8.36. The van der Waals surface area contributed by atoms with Gasteiger partial charge in [-0.15, -0.1) is 0 Å². The Bertz CT molecular complexity index is 832. The van der Waals surface area contributed by atoms with E-state index in [-0.39, 0.29) is 4.83 Å². The molecule has 1 aliphatic carbocycles. The summed E-state index contributed by atoms with van der Waals surface area (Å²) < 4.78 is 0. The second-order valence-corrected chi connectivity index (χ2v) is 6.39. The number of alkyl halides is 1. The van der Waals surface area contributed by atoms with Crippen LogP contribution in [0.1, 0.15) is 27.1 Å². The van der Waals surface area contributed by atoms with E-state index >= 15 is 0 Å². The lowest BCUT2D eigenvalue weighted by Gasteiger charge is -2.12. The summed E-state index contributed by atoms with van der Waals surface area (Å²) in [6.07, 6.45) is 0. The van der Waals surface area contributed by atoms with Crippen LogP contribution < -0.4 is 0 Å². The van der Waals surface area contributed by atoms with Crippen LogP contribution in [-0.2, 0) is 0 Å². The maximum absolute atomic E-state index is 3.92. The average molecular weight is 347 g/mol. The topological polar surface area (TPSA) is 0 Å². The Balaban J connectivity index is 2.02. The minimum absolute atomic E-state index is 0.237. The third kappa shape index (κ3) is 2.13. The molecule has 1 heteroatoms. The Hall–Kier alpha value is -2.12. The lowest BCUT2D eigenvalue weighted by atomic mass is 9.94. The van der Waals surface area contributed by atoms with E-state index in [9.17, 15) is 0 Å². The van der Waals surface area contributed by atoms with Crippen LogP contribution in [0.5, 0.6) is 0 Å². The van der Waals surface area contributed by atoms with E-state index in [1.165, 1.54) is 33.4 Å². The predicted molar refractivity (Wildman–Crippen MR) is 96.9 cm³/mol. The molecule has 22 heavy (non-hydrogen) atoms. The molecule has 0 amide bonds. The number of allylic oxidation sites excluding steroid dienone is 1. The smallest absolute Gasteiger partial charge is 0.0662 e. The molecule has 0 saturated carbocycles. The molecule has 106 valence electrons. The number of hydrogen-bond donors (Lipinski definition) is 0. The SMILES string of the molecule is BrC1C(c2ccccc2)=C(c2ccccc2)c2ccccc21. The molecule has 0 fully saturated rings. The Morgan fingerprint density at radius 2 is 1.14 bits per heavy atom. The number of halogens is 1. The van der Waals surface area contributed by atoms with Crippen molar-refractivity contribution in [2.45, 2.75) is 4.83 Å². The summed E-state index contributed by atoms with van der Waals surface area (Å²) >= 11 is 3.92. The molecule has 0 bridgehead atoms. The summed E-state index contributed by atoms with van der Waals surface area (Å²) in [5.41, 5.74) is 7.92. The van der Waals surface area contributed by atoms with Gasteiger partial charge in [-0.3, -0.25) is 0 Å². The molecule has 1 unspecified atom stereocenters. The number of benzene rings is 3. The van der Waals surface area contributed by atoms with Crippen molar-refractivity contribution in [1.29, 1.82) is 0 Å². The zero-order valence-corrected chi connectivity index (χ0v) is 13.6. The highest BCUT2D eigenvalue weighted by Gasteiger charge is 2.30. The second kappa shape index (κ2) is 5.58.